The molecule has 3 aliphatic carbocycles. The molecule has 2 aromatic carbocycles. The standard InChI is InChI=1S/C24H26O/c1-24-15-20(16-7-3-2-4-8-16)23-18-10-6-5-9-17(18)11-12-19(23)21(24)13-14-22(24)25/h2-10,19-21,23H,11-15H2,1H3/t19-,20+,21-,23+,24-/m0/s1. The normalized spacial score (nSPS) is 36.4. The zero-order valence-electron chi connectivity index (χ0n) is 14.9. The summed E-state index contributed by atoms with van der Waals surface area (Å²) < 4.78 is 0. The van der Waals surface area contributed by atoms with Crippen molar-refractivity contribution in [2.75, 3.05) is 0 Å². The van der Waals surface area contributed by atoms with E-state index in [0.717, 1.165) is 19.3 Å². The Morgan fingerprint density at radius 1 is 0.920 bits per heavy atom. The van der Waals surface area contributed by atoms with Gasteiger partial charge in [0.2, 0.25) is 0 Å². The van der Waals surface area contributed by atoms with Crippen LogP contribution in [0, 0.1) is 17.3 Å². The molecule has 3 aliphatic rings. The van der Waals surface area contributed by atoms with Crippen molar-refractivity contribution in [2.24, 2.45) is 17.3 Å². The molecule has 0 N–H and O–H groups in total. The smallest absolute Gasteiger partial charge is 0.139 e. The molecule has 2 fully saturated rings. The van der Waals surface area contributed by atoms with Gasteiger partial charge in [-0.05, 0) is 66.0 Å². The molecule has 0 amide bonds. The number of Topliss-reactive ketones (excluding diaryl/α,β-unsaturated/α-hetero) is 1. The minimum atomic E-state index is -0.103. The lowest BCUT2D eigenvalue weighted by Gasteiger charge is -2.52. The topological polar surface area (TPSA) is 17.1 Å². The van der Waals surface area contributed by atoms with Gasteiger partial charge in [0.05, 0.1) is 0 Å². The number of carbonyl (C=O) groups excluding carboxylic acids is 1. The predicted octanol–water partition coefficient (Wildman–Crippen LogP) is 5.51. The number of aryl methyl sites for hydroxylation is 1. The summed E-state index contributed by atoms with van der Waals surface area (Å²) in [5.74, 6) is 2.81. The highest BCUT2D eigenvalue weighted by Crippen LogP contribution is 2.63. The molecule has 0 radical (unpaired) electrons. The minimum Gasteiger partial charge on any atom is -0.299 e. The van der Waals surface area contributed by atoms with E-state index in [4.69, 9.17) is 0 Å². The number of benzene rings is 2. The van der Waals surface area contributed by atoms with Gasteiger partial charge in [0, 0.05) is 11.8 Å². The average molecular weight is 330 g/mol. The van der Waals surface area contributed by atoms with Crippen molar-refractivity contribution in [2.45, 2.75) is 50.9 Å². The van der Waals surface area contributed by atoms with Gasteiger partial charge in [-0.2, -0.15) is 0 Å². The van der Waals surface area contributed by atoms with E-state index in [-0.39, 0.29) is 5.41 Å². The average Bonchev–Trinajstić information content (AvgIpc) is 2.96. The van der Waals surface area contributed by atoms with E-state index in [1.54, 1.807) is 5.56 Å². The van der Waals surface area contributed by atoms with Gasteiger partial charge in [-0.3, -0.25) is 4.79 Å². The van der Waals surface area contributed by atoms with Crippen LogP contribution in [0.15, 0.2) is 54.6 Å². The van der Waals surface area contributed by atoms with Gasteiger partial charge in [0.25, 0.3) is 0 Å². The van der Waals surface area contributed by atoms with Gasteiger partial charge in [-0.25, -0.2) is 0 Å². The van der Waals surface area contributed by atoms with Gasteiger partial charge in [-0.15, -0.1) is 0 Å². The summed E-state index contributed by atoms with van der Waals surface area (Å²) in [6.07, 6.45) is 5.36. The van der Waals surface area contributed by atoms with E-state index in [1.807, 2.05) is 0 Å². The zero-order valence-corrected chi connectivity index (χ0v) is 14.9. The van der Waals surface area contributed by atoms with Crippen molar-refractivity contribution >= 4 is 5.78 Å². The molecular formula is C24H26O. The molecule has 0 bridgehead atoms. The SMILES string of the molecule is C[C@]12C[C@H](c3ccccc3)[C@@H]3c4ccccc4CC[C@H]3[C@@H]1CCC2=O. The van der Waals surface area contributed by atoms with E-state index < -0.39 is 0 Å². The third-order valence-corrected chi connectivity index (χ3v) is 7.58. The summed E-state index contributed by atoms with van der Waals surface area (Å²) in [6.45, 7) is 2.28. The lowest BCUT2D eigenvalue weighted by Crippen LogP contribution is -2.45. The number of ketones is 1. The Bertz CT molecular complexity index is 808. The third kappa shape index (κ3) is 2.18. The summed E-state index contributed by atoms with van der Waals surface area (Å²) in [4.78, 5) is 12.8. The van der Waals surface area contributed by atoms with Crippen molar-refractivity contribution in [1.82, 2.24) is 0 Å². The van der Waals surface area contributed by atoms with Crippen LogP contribution in [-0.4, -0.2) is 5.78 Å². The van der Waals surface area contributed by atoms with E-state index in [0.29, 0.717) is 29.5 Å². The monoisotopic (exact) mass is 330 g/mol. The lowest BCUT2D eigenvalue weighted by molar-refractivity contribution is -0.130. The predicted molar refractivity (Wildman–Crippen MR) is 101 cm³/mol. The van der Waals surface area contributed by atoms with Gasteiger partial charge in [0.15, 0.2) is 0 Å². The van der Waals surface area contributed by atoms with E-state index in [1.165, 1.54) is 24.0 Å². The molecule has 0 unspecified atom stereocenters. The van der Waals surface area contributed by atoms with E-state index in [9.17, 15) is 4.79 Å². The second-order valence-corrected chi connectivity index (χ2v) is 8.63. The molecule has 0 spiro atoms. The number of carbonyl (C=O) groups is 1. The Balaban J connectivity index is 1.67. The zero-order chi connectivity index (χ0) is 17.0. The second kappa shape index (κ2) is 5.56. The number of hydrogen-bond donors (Lipinski definition) is 0. The Kier molecular flexibility index (Phi) is 3.42. The maximum atomic E-state index is 12.8. The Morgan fingerprint density at radius 3 is 2.52 bits per heavy atom. The fraction of sp³-hybridized carbons (Fsp3) is 0.458. The van der Waals surface area contributed by atoms with Crippen LogP contribution in [0.4, 0.5) is 0 Å². The minimum absolute atomic E-state index is 0.103. The van der Waals surface area contributed by atoms with Gasteiger partial charge in [-0.1, -0.05) is 61.5 Å². The highest BCUT2D eigenvalue weighted by atomic mass is 16.1. The van der Waals surface area contributed by atoms with Crippen LogP contribution < -0.4 is 0 Å². The fourth-order valence-electron chi connectivity index (χ4n) is 6.44. The van der Waals surface area contributed by atoms with Crippen molar-refractivity contribution in [3.63, 3.8) is 0 Å². The Labute approximate surface area is 150 Å². The van der Waals surface area contributed by atoms with Crippen molar-refractivity contribution in [3.05, 3.63) is 71.3 Å². The highest BCUT2D eigenvalue weighted by molar-refractivity contribution is 5.87. The Morgan fingerprint density at radius 2 is 1.68 bits per heavy atom. The van der Waals surface area contributed by atoms with Crippen LogP contribution in [0.2, 0.25) is 0 Å². The molecule has 0 aliphatic heterocycles. The summed E-state index contributed by atoms with van der Waals surface area (Å²) in [6, 6.07) is 20.0. The van der Waals surface area contributed by atoms with Gasteiger partial charge < -0.3 is 0 Å². The molecule has 0 heterocycles. The van der Waals surface area contributed by atoms with Crippen LogP contribution >= 0.6 is 0 Å². The molecule has 5 rings (SSSR count). The van der Waals surface area contributed by atoms with Crippen LogP contribution in [0.3, 0.4) is 0 Å². The molecular weight excluding hydrogens is 304 g/mol. The fourth-order valence-corrected chi connectivity index (χ4v) is 6.44. The molecule has 2 saturated carbocycles. The van der Waals surface area contributed by atoms with Crippen molar-refractivity contribution in [3.8, 4) is 0 Å². The van der Waals surface area contributed by atoms with Gasteiger partial charge >= 0.3 is 0 Å². The summed E-state index contributed by atoms with van der Waals surface area (Å²) in [5.41, 5.74) is 4.42. The van der Waals surface area contributed by atoms with Crippen LogP contribution in [0.5, 0.6) is 0 Å². The first-order chi connectivity index (χ1) is 12.2. The molecule has 0 aromatic heterocycles. The number of hydrogen-bond acceptors (Lipinski definition) is 1. The van der Waals surface area contributed by atoms with Crippen molar-refractivity contribution in [1.29, 1.82) is 0 Å². The molecule has 25 heavy (non-hydrogen) atoms. The van der Waals surface area contributed by atoms with Crippen LogP contribution in [0.25, 0.3) is 0 Å². The number of fused-ring (bicyclic) bond motifs is 5. The quantitative estimate of drug-likeness (QED) is 0.674. The highest BCUT2D eigenvalue weighted by Gasteiger charge is 2.57. The van der Waals surface area contributed by atoms with Crippen LogP contribution in [-0.2, 0) is 11.2 Å². The summed E-state index contributed by atoms with van der Waals surface area (Å²) in [7, 11) is 0. The van der Waals surface area contributed by atoms with E-state index >= 15 is 0 Å². The number of rotatable bonds is 1. The van der Waals surface area contributed by atoms with Gasteiger partial charge in [0.1, 0.15) is 5.78 Å². The Hall–Kier alpha value is -1.89. The lowest BCUT2D eigenvalue weighted by atomic mass is 9.51. The molecule has 5 atom stereocenters. The molecule has 1 heteroatoms. The maximum absolute atomic E-state index is 12.8. The van der Waals surface area contributed by atoms with Crippen molar-refractivity contribution < 1.29 is 4.79 Å². The summed E-state index contributed by atoms with van der Waals surface area (Å²) in [5, 5.41) is 0. The second-order valence-electron chi connectivity index (χ2n) is 8.63. The summed E-state index contributed by atoms with van der Waals surface area (Å²) >= 11 is 0. The third-order valence-electron chi connectivity index (χ3n) is 7.58. The largest absolute Gasteiger partial charge is 0.299 e. The first-order valence-electron chi connectivity index (χ1n) is 9.84. The van der Waals surface area contributed by atoms with Crippen LogP contribution in [0.1, 0.15) is 61.1 Å². The van der Waals surface area contributed by atoms with E-state index in [2.05, 4.69) is 61.5 Å². The molecule has 128 valence electrons. The molecule has 0 saturated heterocycles. The first-order valence-corrected chi connectivity index (χ1v) is 9.84. The molecule has 2 aromatic rings. The molecule has 1 nitrogen and oxygen atoms in total. The first kappa shape index (κ1) is 15.4. The maximum Gasteiger partial charge on any atom is 0.139 e.